The second-order valence-electron chi connectivity index (χ2n) is 11.7. The van der Waals surface area contributed by atoms with Gasteiger partial charge in [-0.3, -0.25) is 4.79 Å². The number of aliphatic carboxylic acids is 1. The molecule has 2 aromatic rings. The van der Waals surface area contributed by atoms with E-state index in [1.54, 1.807) is 6.07 Å². The Hall–Kier alpha value is -3.18. The van der Waals surface area contributed by atoms with Crippen LogP contribution in [0.15, 0.2) is 36.5 Å². The molecule has 0 radical (unpaired) electrons. The number of halogens is 3. The van der Waals surface area contributed by atoms with Gasteiger partial charge in [-0.2, -0.15) is 13.2 Å². The van der Waals surface area contributed by atoms with Gasteiger partial charge in [-0.1, -0.05) is 45.0 Å². The molecule has 8 nitrogen and oxygen atoms in total. The van der Waals surface area contributed by atoms with Crippen molar-refractivity contribution in [2.24, 2.45) is 11.3 Å². The molecule has 224 valence electrons. The maximum Gasteiger partial charge on any atom is 0.417 e. The molecule has 1 N–H and O–H groups in total. The van der Waals surface area contributed by atoms with E-state index >= 15 is 0 Å². The van der Waals surface area contributed by atoms with E-state index in [0.29, 0.717) is 24.8 Å². The van der Waals surface area contributed by atoms with Crippen molar-refractivity contribution in [2.45, 2.75) is 84.0 Å². The normalized spacial score (nSPS) is 25.3. The van der Waals surface area contributed by atoms with E-state index in [-0.39, 0.29) is 18.1 Å². The van der Waals surface area contributed by atoms with Crippen molar-refractivity contribution in [3.63, 3.8) is 0 Å². The fourth-order valence-electron chi connectivity index (χ4n) is 6.06. The van der Waals surface area contributed by atoms with Gasteiger partial charge in [0, 0.05) is 24.3 Å². The first kappa shape index (κ1) is 30.8. The zero-order valence-electron chi connectivity index (χ0n) is 23.9. The Morgan fingerprint density at radius 3 is 2.44 bits per heavy atom. The molecule has 2 aliphatic heterocycles. The molecule has 1 aromatic heterocycles. The van der Waals surface area contributed by atoms with Crippen LogP contribution in [0.4, 0.5) is 13.2 Å². The van der Waals surface area contributed by atoms with Gasteiger partial charge in [0.05, 0.1) is 31.4 Å². The van der Waals surface area contributed by atoms with Crippen molar-refractivity contribution in [2.75, 3.05) is 13.7 Å². The quantitative estimate of drug-likeness (QED) is 0.459. The number of ether oxygens (including phenoxy) is 3. The Balaban J connectivity index is 1.84. The van der Waals surface area contributed by atoms with Gasteiger partial charge < -0.3 is 24.2 Å². The van der Waals surface area contributed by atoms with Crippen molar-refractivity contribution in [1.82, 2.24) is 9.88 Å². The topological polar surface area (TPSA) is 98.2 Å². The number of hydrogen-bond acceptors (Lipinski definition) is 6. The lowest BCUT2D eigenvalue weighted by molar-refractivity contribution is -0.159. The number of rotatable bonds is 7. The molecule has 0 saturated carbocycles. The number of likely N-dealkylation sites (tertiary alicyclic amines) is 1. The van der Waals surface area contributed by atoms with Crippen LogP contribution >= 0.6 is 0 Å². The third-order valence-electron chi connectivity index (χ3n) is 7.95. The molecule has 0 aliphatic carbocycles. The first-order valence-electron chi connectivity index (χ1n) is 13.7. The molecule has 11 heteroatoms. The highest BCUT2D eigenvalue weighted by Gasteiger charge is 2.59. The first-order valence-corrected chi connectivity index (χ1v) is 13.7. The van der Waals surface area contributed by atoms with E-state index in [0.717, 1.165) is 24.5 Å². The first-order chi connectivity index (χ1) is 19.3. The Kier molecular flexibility index (Phi) is 8.98. The van der Waals surface area contributed by atoms with Gasteiger partial charge in [0.2, 0.25) is 5.88 Å². The Morgan fingerprint density at radius 2 is 1.88 bits per heavy atom. The second kappa shape index (κ2) is 12.0. The summed E-state index contributed by atoms with van der Waals surface area (Å²) < 4.78 is 58.0. The highest BCUT2D eigenvalue weighted by molar-refractivity contribution is 5.88. The number of methoxy groups -OCH3 is 1. The predicted molar refractivity (Wildman–Crippen MR) is 143 cm³/mol. The molecule has 4 rings (SSSR count). The summed E-state index contributed by atoms with van der Waals surface area (Å²) in [5.41, 5.74) is -0.0429. The third-order valence-corrected chi connectivity index (χ3v) is 7.95. The number of amides is 1. The number of carbonyl (C=O) groups excluding carboxylic acids is 1. The van der Waals surface area contributed by atoms with Gasteiger partial charge in [0.15, 0.2) is 0 Å². The van der Waals surface area contributed by atoms with Crippen molar-refractivity contribution in [1.29, 1.82) is 0 Å². The standard InChI is InChI=1S/C30H37F3N2O6/c1-17-10-6-7-11-20(17)23-25(41-16-18-14-19(30(31,32)33)15-34-26(18)39-5)22(29(2,3)4)24(28(37)38)35(23)27(36)21-12-8-9-13-40-21/h6-7,10-11,14-15,21-25H,8-9,12-13,16H2,1-5H3,(H,37,38)/t21-,22+,23-,24-,25-/m0/s1. The lowest BCUT2D eigenvalue weighted by Crippen LogP contribution is -2.51. The number of aryl methyl sites for hydroxylation is 1. The zero-order chi connectivity index (χ0) is 30.1. The van der Waals surface area contributed by atoms with E-state index in [9.17, 15) is 27.9 Å². The van der Waals surface area contributed by atoms with Crippen LogP contribution in [0.1, 0.15) is 68.3 Å². The molecular formula is C30H37F3N2O6. The van der Waals surface area contributed by atoms with Gasteiger partial charge in [0.1, 0.15) is 12.1 Å². The van der Waals surface area contributed by atoms with Crippen LogP contribution in [0.2, 0.25) is 0 Å². The third kappa shape index (κ3) is 6.35. The summed E-state index contributed by atoms with van der Waals surface area (Å²) in [5.74, 6) is -2.36. The highest BCUT2D eigenvalue weighted by atomic mass is 19.4. The average Bonchev–Trinajstić information content (AvgIpc) is 3.27. The van der Waals surface area contributed by atoms with Crippen molar-refractivity contribution < 1.29 is 42.1 Å². The summed E-state index contributed by atoms with van der Waals surface area (Å²) in [6, 6.07) is 6.17. The van der Waals surface area contributed by atoms with Crippen molar-refractivity contribution in [3.8, 4) is 5.88 Å². The lowest BCUT2D eigenvalue weighted by Gasteiger charge is -2.35. The number of aromatic nitrogens is 1. The van der Waals surface area contributed by atoms with E-state index in [4.69, 9.17) is 14.2 Å². The molecule has 41 heavy (non-hydrogen) atoms. The van der Waals surface area contributed by atoms with Gasteiger partial charge in [0.25, 0.3) is 5.91 Å². The smallest absolute Gasteiger partial charge is 0.417 e. The molecule has 2 aliphatic rings. The molecule has 0 unspecified atom stereocenters. The summed E-state index contributed by atoms with van der Waals surface area (Å²) in [4.78, 5) is 32.2. The monoisotopic (exact) mass is 578 g/mol. The maximum atomic E-state index is 14.1. The van der Waals surface area contributed by atoms with Crippen molar-refractivity contribution >= 4 is 11.9 Å². The van der Waals surface area contributed by atoms with Crippen LogP contribution in [0.25, 0.3) is 0 Å². The van der Waals surface area contributed by atoms with E-state index in [1.165, 1.54) is 12.0 Å². The molecule has 0 bridgehead atoms. The highest BCUT2D eigenvalue weighted by Crippen LogP contribution is 2.51. The number of pyridine rings is 1. The molecular weight excluding hydrogens is 541 g/mol. The van der Waals surface area contributed by atoms with Gasteiger partial charge in [-0.25, -0.2) is 9.78 Å². The van der Waals surface area contributed by atoms with Gasteiger partial charge >= 0.3 is 12.1 Å². The van der Waals surface area contributed by atoms with Crippen LogP contribution in [-0.2, 0) is 31.8 Å². The average molecular weight is 579 g/mol. The van der Waals surface area contributed by atoms with Gasteiger partial charge in [-0.05, 0) is 48.8 Å². The van der Waals surface area contributed by atoms with Crippen LogP contribution in [0.3, 0.4) is 0 Å². The van der Waals surface area contributed by atoms with Gasteiger partial charge in [-0.15, -0.1) is 0 Å². The Morgan fingerprint density at radius 1 is 1.17 bits per heavy atom. The summed E-state index contributed by atoms with van der Waals surface area (Å²) in [6.45, 7) is 7.55. The molecule has 2 saturated heterocycles. The largest absolute Gasteiger partial charge is 0.481 e. The zero-order valence-corrected chi connectivity index (χ0v) is 23.9. The summed E-state index contributed by atoms with van der Waals surface area (Å²) >= 11 is 0. The summed E-state index contributed by atoms with van der Waals surface area (Å²) in [7, 11) is 1.30. The van der Waals surface area contributed by atoms with E-state index < -0.39 is 59.2 Å². The molecule has 0 spiro atoms. The molecule has 1 aromatic carbocycles. The number of hydrogen-bond donors (Lipinski definition) is 1. The Labute approximate surface area is 237 Å². The summed E-state index contributed by atoms with van der Waals surface area (Å²) in [6.07, 6.45) is -3.54. The van der Waals surface area contributed by atoms with E-state index in [2.05, 4.69) is 4.98 Å². The number of nitrogens with zero attached hydrogens (tertiary/aromatic N) is 2. The number of benzene rings is 1. The van der Waals surface area contributed by atoms with E-state index in [1.807, 2.05) is 45.9 Å². The maximum absolute atomic E-state index is 14.1. The number of alkyl halides is 3. The van der Waals surface area contributed by atoms with Crippen LogP contribution in [0, 0.1) is 18.3 Å². The predicted octanol–water partition coefficient (Wildman–Crippen LogP) is 5.57. The van der Waals surface area contributed by atoms with Crippen molar-refractivity contribution in [3.05, 3.63) is 58.8 Å². The molecule has 3 heterocycles. The number of carboxylic acid groups (broad SMARTS) is 1. The minimum atomic E-state index is -4.63. The molecule has 5 atom stereocenters. The number of carbonyl (C=O) groups is 2. The van der Waals surface area contributed by atoms with Crippen LogP contribution in [-0.4, -0.2) is 58.8 Å². The van der Waals surface area contributed by atoms with Crippen LogP contribution < -0.4 is 4.74 Å². The number of carboxylic acids is 1. The fourth-order valence-corrected chi connectivity index (χ4v) is 6.06. The fraction of sp³-hybridized carbons (Fsp3) is 0.567. The minimum Gasteiger partial charge on any atom is -0.481 e. The molecule has 2 fully saturated rings. The second-order valence-corrected chi connectivity index (χ2v) is 11.7. The summed E-state index contributed by atoms with van der Waals surface area (Å²) in [5, 5.41) is 10.6. The molecule has 1 amide bonds. The minimum absolute atomic E-state index is 0.0333. The Bertz CT molecular complexity index is 1260. The SMILES string of the molecule is COc1ncc(C(F)(F)F)cc1CO[C@H]1[C@H](C(C)(C)C)[C@@H](C(=O)O)N(C(=O)[C@@H]2CCCCO2)[C@H]1c1ccccc1C. The van der Waals surface area contributed by atoms with Crippen LogP contribution in [0.5, 0.6) is 5.88 Å². The lowest BCUT2D eigenvalue weighted by atomic mass is 9.73.